The number of rotatable bonds is 6. The van der Waals surface area contributed by atoms with Gasteiger partial charge in [-0.05, 0) is 49.4 Å². The number of anilines is 1. The Bertz CT molecular complexity index is 586. The second-order valence-electron chi connectivity index (χ2n) is 8.66. The maximum absolute atomic E-state index is 11.7. The van der Waals surface area contributed by atoms with Crippen molar-refractivity contribution in [1.82, 2.24) is 9.97 Å². The van der Waals surface area contributed by atoms with Gasteiger partial charge >= 0.3 is 0 Å². The minimum Gasteiger partial charge on any atom is -0.365 e. The number of aromatic nitrogens is 2. The molecule has 3 N–H and O–H groups in total. The van der Waals surface area contributed by atoms with Crippen LogP contribution in [0.15, 0.2) is 6.20 Å². The Kier molecular flexibility index (Phi) is 6.42. The fourth-order valence-electron chi connectivity index (χ4n) is 3.34. The van der Waals surface area contributed by atoms with Crippen LogP contribution in [-0.4, -0.2) is 21.9 Å². The number of hydrogen-bond acceptors (Lipinski definition) is 4. The van der Waals surface area contributed by atoms with E-state index in [0.29, 0.717) is 23.5 Å². The van der Waals surface area contributed by atoms with Crippen LogP contribution >= 0.6 is 0 Å². The molecule has 0 spiro atoms. The Morgan fingerprint density at radius 3 is 2.48 bits per heavy atom. The van der Waals surface area contributed by atoms with E-state index in [1.807, 2.05) is 0 Å². The lowest BCUT2D eigenvalue weighted by molar-refractivity contribution is 0.0997. The summed E-state index contributed by atoms with van der Waals surface area (Å²) in [5, 5.41) is 3.47. The molecule has 140 valence electrons. The number of primary amides is 1. The van der Waals surface area contributed by atoms with Gasteiger partial charge in [0.25, 0.3) is 5.91 Å². The van der Waals surface area contributed by atoms with Gasteiger partial charge in [-0.25, -0.2) is 9.97 Å². The van der Waals surface area contributed by atoms with E-state index < -0.39 is 5.91 Å². The summed E-state index contributed by atoms with van der Waals surface area (Å²) < 4.78 is 0. The van der Waals surface area contributed by atoms with Crippen LogP contribution in [0.5, 0.6) is 0 Å². The van der Waals surface area contributed by atoms with E-state index in [9.17, 15) is 4.79 Å². The van der Waals surface area contributed by atoms with Crippen LogP contribution in [0.2, 0.25) is 0 Å². The third kappa shape index (κ3) is 5.41. The van der Waals surface area contributed by atoms with E-state index in [1.165, 1.54) is 19.3 Å². The van der Waals surface area contributed by atoms with Gasteiger partial charge in [-0.3, -0.25) is 4.79 Å². The molecule has 1 amide bonds. The Labute approximate surface area is 152 Å². The fourth-order valence-corrected chi connectivity index (χ4v) is 3.34. The summed E-state index contributed by atoms with van der Waals surface area (Å²) in [5.74, 6) is 1.42. The van der Waals surface area contributed by atoms with Crippen molar-refractivity contribution < 1.29 is 4.79 Å². The van der Waals surface area contributed by atoms with Crippen molar-refractivity contribution in [2.45, 2.75) is 79.2 Å². The smallest absolute Gasteiger partial charge is 0.252 e. The van der Waals surface area contributed by atoms with Crippen LogP contribution in [0.1, 0.15) is 82.8 Å². The van der Waals surface area contributed by atoms with Crippen LogP contribution in [0, 0.1) is 17.3 Å². The highest BCUT2D eigenvalue weighted by atomic mass is 16.1. The monoisotopic (exact) mass is 346 g/mol. The average molecular weight is 347 g/mol. The van der Waals surface area contributed by atoms with E-state index in [2.05, 4.69) is 49.9 Å². The van der Waals surface area contributed by atoms with Gasteiger partial charge in [0.2, 0.25) is 5.95 Å². The zero-order valence-corrected chi connectivity index (χ0v) is 16.4. The van der Waals surface area contributed by atoms with Gasteiger partial charge in [-0.1, -0.05) is 41.0 Å². The summed E-state index contributed by atoms with van der Waals surface area (Å²) in [7, 11) is 0. The number of carbonyl (C=O) groups excluding carboxylic acids is 1. The minimum absolute atomic E-state index is 0.145. The quantitative estimate of drug-likeness (QED) is 0.809. The average Bonchev–Trinajstić information content (AvgIpc) is 2.54. The largest absolute Gasteiger partial charge is 0.365 e. The number of nitrogens with zero attached hydrogens (tertiary/aromatic N) is 2. The Morgan fingerprint density at radius 1 is 1.32 bits per heavy atom. The zero-order valence-electron chi connectivity index (χ0n) is 16.4. The van der Waals surface area contributed by atoms with Gasteiger partial charge in [-0.2, -0.15) is 0 Å². The maximum Gasteiger partial charge on any atom is 0.252 e. The first-order valence-corrected chi connectivity index (χ1v) is 9.63. The van der Waals surface area contributed by atoms with E-state index in [1.54, 1.807) is 6.20 Å². The third-order valence-corrected chi connectivity index (χ3v) is 5.87. The van der Waals surface area contributed by atoms with E-state index in [-0.39, 0.29) is 5.41 Å². The predicted molar refractivity (Wildman–Crippen MR) is 103 cm³/mol. The second-order valence-corrected chi connectivity index (χ2v) is 8.66. The highest BCUT2D eigenvalue weighted by molar-refractivity contribution is 5.93. The van der Waals surface area contributed by atoms with Crippen molar-refractivity contribution in [3.8, 4) is 0 Å². The highest BCUT2D eigenvalue weighted by Crippen LogP contribution is 2.30. The number of nitrogens with one attached hydrogen (secondary N) is 1. The van der Waals surface area contributed by atoms with Crippen LogP contribution in [0.25, 0.3) is 0 Å². The lowest BCUT2D eigenvalue weighted by Crippen LogP contribution is -2.28. The summed E-state index contributed by atoms with van der Waals surface area (Å²) in [5.41, 5.74) is 6.87. The molecule has 1 aromatic heterocycles. The first kappa shape index (κ1) is 19.7. The lowest BCUT2D eigenvalue weighted by atomic mass is 9.79. The van der Waals surface area contributed by atoms with Gasteiger partial charge in [0.1, 0.15) is 0 Å². The van der Waals surface area contributed by atoms with Gasteiger partial charge < -0.3 is 11.1 Å². The van der Waals surface area contributed by atoms with Crippen LogP contribution in [0.3, 0.4) is 0 Å². The zero-order chi connectivity index (χ0) is 18.6. The Morgan fingerprint density at radius 2 is 1.96 bits per heavy atom. The summed E-state index contributed by atoms with van der Waals surface area (Å²) >= 11 is 0. The van der Waals surface area contributed by atoms with Crippen molar-refractivity contribution in [3.05, 3.63) is 17.5 Å². The van der Waals surface area contributed by atoms with Crippen molar-refractivity contribution in [2.24, 2.45) is 23.0 Å². The summed E-state index contributed by atoms with van der Waals surface area (Å²) in [6.45, 7) is 11.1. The van der Waals surface area contributed by atoms with E-state index in [4.69, 9.17) is 5.73 Å². The molecule has 0 saturated heterocycles. The third-order valence-electron chi connectivity index (χ3n) is 5.87. The normalized spacial score (nSPS) is 22.4. The fraction of sp³-hybridized carbons (Fsp3) is 0.750. The second kappa shape index (κ2) is 8.15. The number of carbonyl (C=O) groups is 1. The lowest BCUT2D eigenvalue weighted by Gasteiger charge is -2.29. The molecule has 5 heteroatoms. The van der Waals surface area contributed by atoms with Gasteiger partial charge in [0, 0.05) is 12.2 Å². The van der Waals surface area contributed by atoms with Crippen LogP contribution < -0.4 is 11.1 Å². The van der Waals surface area contributed by atoms with Gasteiger partial charge in [0.15, 0.2) is 0 Å². The topological polar surface area (TPSA) is 80.9 Å². The van der Waals surface area contributed by atoms with Gasteiger partial charge in [-0.15, -0.1) is 0 Å². The SMILES string of the molecule is CCC1CCC(Nc2ncc(C(N)=O)c(C[C@H](C)C(C)(C)C)n2)CC1. The highest BCUT2D eigenvalue weighted by Gasteiger charge is 2.24. The van der Waals surface area contributed by atoms with Gasteiger partial charge in [0.05, 0.1) is 11.3 Å². The number of hydrogen-bond donors (Lipinski definition) is 2. The molecule has 0 unspecified atom stereocenters. The molecule has 1 aliphatic rings. The predicted octanol–water partition coefficient (Wildman–Crippen LogP) is 4.18. The molecule has 2 rings (SSSR count). The molecule has 1 atom stereocenters. The Hall–Kier alpha value is -1.65. The van der Waals surface area contributed by atoms with Crippen molar-refractivity contribution in [3.63, 3.8) is 0 Å². The first-order chi connectivity index (χ1) is 11.7. The molecular weight excluding hydrogens is 312 g/mol. The number of nitrogens with two attached hydrogens (primary N) is 1. The first-order valence-electron chi connectivity index (χ1n) is 9.63. The molecule has 0 aliphatic heterocycles. The van der Waals surface area contributed by atoms with Crippen molar-refractivity contribution >= 4 is 11.9 Å². The van der Waals surface area contributed by atoms with Crippen LogP contribution in [0.4, 0.5) is 5.95 Å². The minimum atomic E-state index is -0.453. The molecule has 1 heterocycles. The molecule has 1 aromatic rings. The molecule has 25 heavy (non-hydrogen) atoms. The molecule has 0 aromatic carbocycles. The van der Waals surface area contributed by atoms with E-state index >= 15 is 0 Å². The number of amides is 1. The molecule has 0 bridgehead atoms. The summed E-state index contributed by atoms with van der Waals surface area (Å²) in [6, 6.07) is 0.426. The van der Waals surface area contributed by atoms with Crippen molar-refractivity contribution in [1.29, 1.82) is 0 Å². The van der Waals surface area contributed by atoms with Crippen molar-refractivity contribution in [2.75, 3.05) is 5.32 Å². The molecule has 5 nitrogen and oxygen atoms in total. The molecule has 1 fully saturated rings. The molecule has 1 aliphatic carbocycles. The standard InChI is InChI=1S/C20H34N4O/c1-6-14-7-9-15(10-8-14)23-19-22-12-16(18(21)25)17(24-19)11-13(2)20(3,4)5/h12-15H,6-11H2,1-5H3,(H2,21,25)(H,22,23,24)/t13-,14?,15?/m0/s1. The maximum atomic E-state index is 11.7. The van der Waals surface area contributed by atoms with Crippen LogP contribution in [-0.2, 0) is 6.42 Å². The van der Waals surface area contributed by atoms with E-state index in [0.717, 1.165) is 30.9 Å². The summed E-state index contributed by atoms with van der Waals surface area (Å²) in [6.07, 6.45) is 8.43. The molecular formula is C20H34N4O. The Balaban J connectivity index is 2.12. The summed E-state index contributed by atoms with van der Waals surface area (Å²) in [4.78, 5) is 20.7. The molecule has 0 radical (unpaired) electrons. The molecule has 1 saturated carbocycles.